The van der Waals surface area contributed by atoms with Gasteiger partial charge in [-0.25, -0.2) is 0 Å². The quantitative estimate of drug-likeness (QED) is 0.121. The highest BCUT2D eigenvalue weighted by atomic mass is 16.7. The van der Waals surface area contributed by atoms with Gasteiger partial charge in [-0.15, -0.1) is 0 Å². The van der Waals surface area contributed by atoms with Crippen molar-refractivity contribution < 1.29 is 9.57 Å². The van der Waals surface area contributed by atoms with Gasteiger partial charge in [-0.05, 0) is 47.9 Å². The standard InChI is InChI=1S/C34H50NO/c1-3-4-5-6-7-8-9-10-11-12-13-15-24-33(36-35-26-18-14-19-27-35)29-30(2)28-32-23-20-22-31-21-16-17-25-34(31)32/h14,16-23,25-27,30,33H,3-13,15,24,28-29H2,1-2H3/q+1. The van der Waals surface area contributed by atoms with Crippen LogP contribution in [0.15, 0.2) is 73.1 Å². The molecule has 2 heteroatoms. The zero-order chi connectivity index (χ0) is 25.3. The Kier molecular flexibility index (Phi) is 13.5. The van der Waals surface area contributed by atoms with Gasteiger partial charge >= 0.3 is 0 Å². The summed E-state index contributed by atoms with van der Waals surface area (Å²) in [5.74, 6) is 0.572. The van der Waals surface area contributed by atoms with E-state index in [1.54, 1.807) is 0 Å². The number of benzene rings is 2. The predicted molar refractivity (Wildman–Crippen MR) is 154 cm³/mol. The van der Waals surface area contributed by atoms with Crippen molar-refractivity contribution >= 4 is 10.8 Å². The summed E-state index contributed by atoms with van der Waals surface area (Å²) < 4.78 is 1.90. The monoisotopic (exact) mass is 488 g/mol. The number of hydrogen-bond donors (Lipinski definition) is 0. The molecule has 0 saturated heterocycles. The van der Waals surface area contributed by atoms with Crippen molar-refractivity contribution in [2.75, 3.05) is 0 Å². The molecule has 0 bridgehead atoms. The first-order chi connectivity index (χ1) is 17.8. The molecule has 36 heavy (non-hydrogen) atoms. The summed E-state index contributed by atoms with van der Waals surface area (Å²) in [5.41, 5.74) is 1.46. The van der Waals surface area contributed by atoms with Crippen LogP contribution in [0.5, 0.6) is 0 Å². The van der Waals surface area contributed by atoms with Crippen LogP contribution in [0, 0.1) is 5.92 Å². The molecule has 2 unspecified atom stereocenters. The smallest absolute Gasteiger partial charge is 0.222 e. The average molecular weight is 489 g/mol. The Bertz CT molecular complexity index is 948. The van der Waals surface area contributed by atoms with Crippen molar-refractivity contribution in [2.24, 2.45) is 5.92 Å². The number of fused-ring (bicyclic) bond motifs is 1. The van der Waals surface area contributed by atoms with Crippen LogP contribution in [-0.2, 0) is 6.42 Å². The van der Waals surface area contributed by atoms with E-state index in [4.69, 9.17) is 4.84 Å². The molecule has 0 saturated carbocycles. The summed E-state index contributed by atoms with van der Waals surface area (Å²) in [6.45, 7) is 4.68. The topological polar surface area (TPSA) is 13.1 Å². The molecule has 0 fully saturated rings. The first kappa shape index (κ1) is 28.2. The van der Waals surface area contributed by atoms with Crippen LogP contribution in [-0.4, -0.2) is 6.10 Å². The number of pyridine rings is 1. The van der Waals surface area contributed by atoms with E-state index >= 15 is 0 Å². The Morgan fingerprint density at radius 3 is 1.97 bits per heavy atom. The molecule has 3 aromatic rings. The number of aromatic nitrogens is 1. The van der Waals surface area contributed by atoms with Crippen LogP contribution in [0.3, 0.4) is 0 Å². The fourth-order valence-electron chi connectivity index (χ4n) is 5.43. The summed E-state index contributed by atoms with van der Waals surface area (Å²) in [4.78, 5) is 6.43. The minimum atomic E-state index is 0.255. The molecule has 0 radical (unpaired) electrons. The molecule has 0 aliphatic rings. The van der Waals surface area contributed by atoms with E-state index in [1.165, 1.54) is 93.4 Å². The third-order valence-corrected chi connectivity index (χ3v) is 7.45. The second-order valence-corrected chi connectivity index (χ2v) is 10.8. The lowest BCUT2D eigenvalue weighted by Gasteiger charge is -2.19. The van der Waals surface area contributed by atoms with Crippen molar-refractivity contribution in [3.8, 4) is 0 Å². The Morgan fingerprint density at radius 1 is 0.667 bits per heavy atom. The van der Waals surface area contributed by atoms with Gasteiger partial charge in [0.05, 0.1) is 0 Å². The number of rotatable bonds is 19. The maximum atomic E-state index is 6.43. The molecule has 0 amide bonds. The Hall–Kier alpha value is -2.35. The van der Waals surface area contributed by atoms with Gasteiger partial charge in [0, 0.05) is 16.9 Å². The van der Waals surface area contributed by atoms with Crippen molar-refractivity contribution in [1.82, 2.24) is 0 Å². The highest BCUT2D eigenvalue weighted by Crippen LogP contribution is 2.24. The third-order valence-electron chi connectivity index (χ3n) is 7.45. The zero-order valence-corrected chi connectivity index (χ0v) is 23.0. The van der Waals surface area contributed by atoms with Gasteiger partial charge in [0.2, 0.25) is 12.4 Å². The van der Waals surface area contributed by atoms with Gasteiger partial charge in [-0.1, -0.05) is 133 Å². The van der Waals surface area contributed by atoms with Gasteiger partial charge in [-0.3, -0.25) is 4.84 Å². The molecule has 0 aliphatic carbocycles. The fraction of sp³-hybridized carbons (Fsp3) is 0.559. The number of hydrogen-bond acceptors (Lipinski definition) is 1. The molecule has 196 valence electrons. The lowest BCUT2D eigenvalue weighted by Crippen LogP contribution is -2.47. The number of unbranched alkanes of at least 4 members (excludes halogenated alkanes) is 11. The van der Waals surface area contributed by atoms with Crippen molar-refractivity contribution in [3.63, 3.8) is 0 Å². The molecule has 1 heterocycles. The Balaban J connectivity index is 1.40. The van der Waals surface area contributed by atoms with Gasteiger partial charge in [0.25, 0.3) is 0 Å². The normalized spacial score (nSPS) is 13.1. The fourth-order valence-corrected chi connectivity index (χ4v) is 5.43. The molecular weight excluding hydrogens is 438 g/mol. The van der Waals surface area contributed by atoms with E-state index in [2.05, 4.69) is 56.3 Å². The van der Waals surface area contributed by atoms with E-state index in [0.29, 0.717) is 5.92 Å². The molecule has 0 spiro atoms. The molecule has 3 rings (SSSR count). The van der Waals surface area contributed by atoms with Crippen LogP contribution < -0.4 is 9.57 Å². The SMILES string of the molecule is CCCCCCCCCCCCCCC(CC(C)Cc1cccc2ccccc12)O[n+]1ccccc1. The highest BCUT2D eigenvalue weighted by molar-refractivity contribution is 5.85. The summed E-state index contributed by atoms with van der Waals surface area (Å²) in [6.07, 6.45) is 24.3. The zero-order valence-electron chi connectivity index (χ0n) is 23.0. The minimum Gasteiger partial charge on any atom is -0.268 e. The van der Waals surface area contributed by atoms with E-state index in [0.717, 1.165) is 19.3 Å². The third kappa shape index (κ3) is 10.7. The first-order valence-electron chi connectivity index (χ1n) is 14.9. The van der Waals surface area contributed by atoms with Gasteiger partial charge in [0.1, 0.15) is 0 Å². The molecule has 0 N–H and O–H groups in total. The largest absolute Gasteiger partial charge is 0.268 e. The summed E-state index contributed by atoms with van der Waals surface area (Å²) in [7, 11) is 0. The Labute approximate surface area is 221 Å². The van der Waals surface area contributed by atoms with Gasteiger partial charge < -0.3 is 0 Å². The summed E-state index contributed by atoms with van der Waals surface area (Å²) in [5, 5.41) is 2.73. The van der Waals surface area contributed by atoms with Gasteiger partial charge in [0.15, 0.2) is 6.10 Å². The molecule has 0 aliphatic heterocycles. The van der Waals surface area contributed by atoms with Crippen molar-refractivity contribution in [3.05, 3.63) is 78.6 Å². The van der Waals surface area contributed by atoms with Gasteiger partial charge in [-0.2, -0.15) is 0 Å². The maximum Gasteiger partial charge on any atom is 0.222 e. The van der Waals surface area contributed by atoms with Crippen LogP contribution in [0.25, 0.3) is 10.8 Å². The van der Waals surface area contributed by atoms with Crippen LogP contribution in [0.1, 0.15) is 109 Å². The molecular formula is C34H50NO+. The lowest BCUT2D eigenvalue weighted by atomic mass is 9.91. The number of nitrogens with zero attached hydrogens (tertiary/aromatic N) is 1. The molecule has 2 aromatic carbocycles. The van der Waals surface area contributed by atoms with Crippen molar-refractivity contribution in [2.45, 2.75) is 116 Å². The minimum absolute atomic E-state index is 0.255. The van der Waals surface area contributed by atoms with E-state index < -0.39 is 0 Å². The van der Waals surface area contributed by atoms with E-state index in [1.807, 2.05) is 35.3 Å². The van der Waals surface area contributed by atoms with Crippen LogP contribution >= 0.6 is 0 Å². The predicted octanol–water partition coefficient (Wildman–Crippen LogP) is 9.28. The molecule has 2 atom stereocenters. The summed E-state index contributed by atoms with van der Waals surface area (Å²) >= 11 is 0. The molecule has 2 nitrogen and oxygen atoms in total. The van der Waals surface area contributed by atoms with E-state index in [9.17, 15) is 0 Å². The molecule has 1 aromatic heterocycles. The second kappa shape index (κ2) is 17.2. The average Bonchev–Trinajstić information content (AvgIpc) is 2.90. The lowest BCUT2D eigenvalue weighted by molar-refractivity contribution is -0.899. The second-order valence-electron chi connectivity index (χ2n) is 10.8. The maximum absolute atomic E-state index is 6.43. The van der Waals surface area contributed by atoms with Crippen molar-refractivity contribution in [1.29, 1.82) is 0 Å². The highest BCUT2D eigenvalue weighted by Gasteiger charge is 2.20. The first-order valence-corrected chi connectivity index (χ1v) is 14.9. The summed E-state index contributed by atoms with van der Waals surface area (Å²) in [6, 6.07) is 21.6. The van der Waals surface area contributed by atoms with Crippen LogP contribution in [0.4, 0.5) is 0 Å². The Morgan fingerprint density at radius 2 is 1.28 bits per heavy atom. The van der Waals surface area contributed by atoms with E-state index in [-0.39, 0.29) is 6.10 Å². The van der Waals surface area contributed by atoms with Crippen LogP contribution in [0.2, 0.25) is 0 Å².